The lowest BCUT2D eigenvalue weighted by Crippen LogP contribution is -2.26. The van der Waals surface area contributed by atoms with Crippen molar-refractivity contribution in [2.24, 2.45) is 0 Å². The highest BCUT2D eigenvalue weighted by atomic mass is 79.9. The summed E-state index contributed by atoms with van der Waals surface area (Å²) in [7, 11) is -2.98. The number of fused-ring (bicyclic) bond motifs is 1. The van der Waals surface area contributed by atoms with E-state index in [4.69, 9.17) is 5.21 Å². The number of nitrogens with zero attached hydrogens (tertiary/aromatic N) is 1. The van der Waals surface area contributed by atoms with E-state index in [1.165, 1.54) is 6.92 Å². The first-order valence-electron chi connectivity index (χ1n) is 5.25. The van der Waals surface area contributed by atoms with Crippen LogP contribution in [0.5, 0.6) is 0 Å². The number of hydrogen-bond donors (Lipinski definition) is 2. The summed E-state index contributed by atoms with van der Waals surface area (Å²) >= 11 is 3.31. The van der Waals surface area contributed by atoms with E-state index in [0.717, 1.165) is 17.7 Å². The Balaban J connectivity index is 2.61. The van der Waals surface area contributed by atoms with E-state index in [9.17, 15) is 9.00 Å². The third-order valence-electron chi connectivity index (χ3n) is 2.91. The number of nitrogens with one attached hydrogen (secondary N) is 1. The Morgan fingerprint density at radius 3 is 2.83 bits per heavy atom. The summed E-state index contributed by atoms with van der Waals surface area (Å²) in [6.07, 6.45) is 0.763. The van der Waals surface area contributed by atoms with Gasteiger partial charge in [-0.1, -0.05) is 0 Å². The van der Waals surface area contributed by atoms with Gasteiger partial charge in [-0.25, -0.2) is 4.21 Å². The first kappa shape index (κ1) is 13.5. The summed E-state index contributed by atoms with van der Waals surface area (Å²) in [5, 5.41) is 8.91. The van der Waals surface area contributed by atoms with Crippen LogP contribution in [0.25, 0.3) is 0 Å². The molecule has 1 atom stereocenters. The molecule has 0 aromatic heterocycles. The smallest absolute Gasteiger partial charge is 0.223 e. The van der Waals surface area contributed by atoms with Crippen molar-refractivity contribution in [1.29, 1.82) is 0 Å². The maximum atomic E-state index is 12.0. The quantitative estimate of drug-likeness (QED) is 0.634. The molecule has 7 heteroatoms. The van der Waals surface area contributed by atoms with E-state index >= 15 is 0 Å². The second-order valence-electron chi connectivity index (χ2n) is 4.10. The molecule has 1 aromatic carbocycles. The topological polar surface area (TPSA) is 69.6 Å². The Morgan fingerprint density at radius 1 is 1.61 bits per heavy atom. The molecule has 0 spiro atoms. The average Bonchev–Trinajstić information content (AvgIpc) is 2.70. The Bertz CT molecular complexity index is 613. The van der Waals surface area contributed by atoms with Crippen LogP contribution in [0.1, 0.15) is 12.5 Å². The molecule has 98 valence electrons. The monoisotopic (exact) mass is 332 g/mol. The van der Waals surface area contributed by atoms with Crippen molar-refractivity contribution in [2.45, 2.75) is 18.2 Å². The number of benzene rings is 1. The Kier molecular flexibility index (Phi) is 3.50. The fraction of sp³-hybridized carbons (Fsp3) is 0.273. The van der Waals surface area contributed by atoms with Crippen LogP contribution in [0.2, 0.25) is 0 Å². The van der Waals surface area contributed by atoms with Crippen LogP contribution in [0, 0.1) is 0 Å². The third-order valence-corrected chi connectivity index (χ3v) is 5.17. The van der Waals surface area contributed by atoms with E-state index in [2.05, 4.69) is 21.8 Å². The minimum absolute atomic E-state index is 0.0606. The minimum Gasteiger partial charge on any atom is -0.312 e. The first-order valence-corrected chi connectivity index (χ1v) is 7.77. The Labute approximate surface area is 114 Å². The fourth-order valence-electron chi connectivity index (χ4n) is 2.02. The van der Waals surface area contributed by atoms with Gasteiger partial charge in [0, 0.05) is 23.6 Å². The van der Waals surface area contributed by atoms with Crippen molar-refractivity contribution in [2.75, 3.05) is 11.4 Å². The highest BCUT2D eigenvalue weighted by molar-refractivity contribution is 9.10. The molecule has 1 heterocycles. The second kappa shape index (κ2) is 4.65. The van der Waals surface area contributed by atoms with Crippen molar-refractivity contribution in [1.82, 2.24) is 4.89 Å². The predicted octanol–water partition coefficient (Wildman–Crippen LogP) is 1.33. The normalized spacial score (nSPS) is 17.4. The molecule has 0 bridgehead atoms. The molecule has 1 amide bonds. The number of anilines is 1. The number of rotatable bonds is 2. The van der Waals surface area contributed by atoms with Crippen LogP contribution in [-0.4, -0.2) is 27.7 Å². The lowest BCUT2D eigenvalue weighted by molar-refractivity contribution is -0.116. The van der Waals surface area contributed by atoms with Crippen LogP contribution in [-0.2, 0) is 20.9 Å². The van der Waals surface area contributed by atoms with Gasteiger partial charge in [0.1, 0.15) is 0 Å². The Morgan fingerprint density at radius 2 is 2.28 bits per heavy atom. The molecule has 0 aliphatic carbocycles. The van der Waals surface area contributed by atoms with Gasteiger partial charge < -0.3 is 10.1 Å². The van der Waals surface area contributed by atoms with Crippen molar-refractivity contribution in [3.8, 4) is 0 Å². The SMILES string of the molecule is C=S(=O)(NO)c1cc2c(cc1Br)CCN2C(C)=O. The molecule has 0 fully saturated rings. The molecule has 1 aliphatic rings. The molecule has 2 N–H and O–H groups in total. The van der Waals surface area contributed by atoms with Crippen molar-refractivity contribution < 1.29 is 14.2 Å². The number of halogens is 1. The molecule has 5 nitrogen and oxygen atoms in total. The fourth-order valence-corrected chi connectivity index (χ4v) is 3.97. The largest absolute Gasteiger partial charge is 0.312 e. The van der Waals surface area contributed by atoms with Gasteiger partial charge >= 0.3 is 0 Å². The molecule has 1 aliphatic heterocycles. The molecule has 2 rings (SSSR count). The third kappa shape index (κ3) is 2.18. The highest BCUT2D eigenvalue weighted by Gasteiger charge is 2.25. The predicted molar refractivity (Wildman–Crippen MR) is 74.3 cm³/mol. The zero-order chi connectivity index (χ0) is 13.5. The first-order chi connectivity index (χ1) is 8.36. The van der Waals surface area contributed by atoms with Crippen molar-refractivity contribution in [3.63, 3.8) is 0 Å². The maximum absolute atomic E-state index is 12.0. The summed E-state index contributed by atoms with van der Waals surface area (Å²) in [6.45, 7) is 2.11. The van der Waals surface area contributed by atoms with Gasteiger partial charge in [-0.15, -0.1) is 4.89 Å². The summed E-state index contributed by atoms with van der Waals surface area (Å²) in [4.78, 5) is 15.2. The van der Waals surface area contributed by atoms with Gasteiger partial charge in [-0.3, -0.25) is 4.79 Å². The summed E-state index contributed by atoms with van der Waals surface area (Å²) < 4.78 is 12.7. The van der Waals surface area contributed by atoms with Gasteiger partial charge in [0.25, 0.3) is 0 Å². The zero-order valence-corrected chi connectivity index (χ0v) is 12.2. The summed E-state index contributed by atoms with van der Waals surface area (Å²) in [6, 6.07) is 3.45. The Hall–Kier alpha value is -0.890. The van der Waals surface area contributed by atoms with Gasteiger partial charge in [0.05, 0.1) is 14.6 Å². The summed E-state index contributed by atoms with van der Waals surface area (Å²) in [5.41, 5.74) is 1.74. The van der Waals surface area contributed by atoms with Gasteiger partial charge in [-0.05, 0) is 45.9 Å². The zero-order valence-electron chi connectivity index (χ0n) is 9.77. The average molecular weight is 333 g/mol. The van der Waals surface area contributed by atoms with Gasteiger partial charge in [0.2, 0.25) is 5.91 Å². The van der Waals surface area contributed by atoms with Crippen LogP contribution in [0.4, 0.5) is 5.69 Å². The van der Waals surface area contributed by atoms with E-state index in [-0.39, 0.29) is 5.91 Å². The van der Waals surface area contributed by atoms with Gasteiger partial charge in [0.15, 0.2) is 0 Å². The van der Waals surface area contributed by atoms with E-state index in [1.54, 1.807) is 15.9 Å². The molecular formula is C11H13BrN2O3S. The summed E-state index contributed by atoms with van der Waals surface area (Å²) in [5.74, 6) is 3.39. The second-order valence-corrected chi connectivity index (χ2v) is 6.93. The highest BCUT2D eigenvalue weighted by Crippen LogP contribution is 2.35. The number of carbonyl (C=O) groups excluding carboxylic acids is 1. The van der Waals surface area contributed by atoms with Crippen molar-refractivity contribution in [3.05, 3.63) is 22.2 Å². The molecule has 1 aromatic rings. The number of carbonyl (C=O) groups is 1. The van der Waals surface area contributed by atoms with Crippen LogP contribution in [0.15, 0.2) is 21.5 Å². The van der Waals surface area contributed by atoms with Gasteiger partial charge in [-0.2, -0.15) is 0 Å². The van der Waals surface area contributed by atoms with Crippen LogP contribution < -0.4 is 9.79 Å². The minimum atomic E-state index is -2.98. The maximum Gasteiger partial charge on any atom is 0.223 e. The molecule has 0 saturated carbocycles. The number of hydrogen-bond acceptors (Lipinski definition) is 3. The lowest BCUT2D eigenvalue weighted by atomic mass is 10.2. The molecule has 18 heavy (non-hydrogen) atoms. The van der Waals surface area contributed by atoms with Crippen LogP contribution >= 0.6 is 15.9 Å². The molecule has 1 unspecified atom stereocenters. The van der Waals surface area contributed by atoms with E-state index < -0.39 is 9.71 Å². The van der Waals surface area contributed by atoms with E-state index in [0.29, 0.717) is 15.9 Å². The molecule has 0 radical (unpaired) electrons. The lowest BCUT2D eigenvalue weighted by Gasteiger charge is -2.17. The van der Waals surface area contributed by atoms with Crippen LogP contribution in [0.3, 0.4) is 0 Å². The van der Waals surface area contributed by atoms with Crippen molar-refractivity contribution >= 4 is 43.1 Å². The number of amides is 1. The molecular weight excluding hydrogens is 320 g/mol. The molecule has 0 saturated heterocycles. The standard InChI is InChI=1S/C11H13BrN2O3S/c1-7(15)14-4-3-8-5-9(12)11(6-10(8)14)18(2,17)13-16/h5-6,16H,2-4H2,1H3,(H,13,17). The van der Waals surface area contributed by atoms with E-state index in [1.807, 2.05) is 6.07 Å².